The molecule has 6 heteroatoms. The van der Waals surface area contributed by atoms with Crippen molar-refractivity contribution in [2.45, 2.75) is 31.8 Å². The molecule has 0 bridgehead atoms. The molecule has 1 fully saturated rings. The van der Waals surface area contributed by atoms with Gasteiger partial charge in [0, 0.05) is 18.6 Å². The number of hydrogen-bond donors (Lipinski definition) is 2. The highest BCUT2D eigenvalue weighted by Gasteiger charge is 2.31. The number of piperidine rings is 1. The first-order valence-electron chi connectivity index (χ1n) is 9.35. The Kier molecular flexibility index (Phi) is 4.58. The average Bonchev–Trinajstić information content (AvgIpc) is 2.79. The number of likely N-dealkylation sites (tertiary alicyclic amines) is 1. The minimum atomic E-state index is -0.207. The van der Waals surface area contributed by atoms with Crippen LogP contribution in [0.15, 0.2) is 48.5 Å². The lowest BCUT2D eigenvalue weighted by Crippen LogP contribution is -2.50. The third-order valence-corrected chi connectivity index (χ3v) is 5.52. The summed E-state index contributed by atoms with van der Waals surface area (Å²) in [6, 6.07) is 15.0. The molecule has 2 aliphatic rings. The molecule has 0 spiro atoms. The lowest BCUT2D eigenvalue weighted by molar-refractivity contribution is 0.102. The first-order valence-corrected chi connectivity index (χ1v) is 9.35. The second-order valence-electron chi connectivity index (χ2n) is 7.32. The van der Waals surface area contributed by atoms with E-state index < -0.39 is 0 Å². The Bertz CT molecular complexity index is 882. The quantitative estimate of drug-likeness (QED) is 0.813. The molecule has 4 rings (SSSR count). The lowest BCUT2D eigenvalue weighted by Gasteiger charge is -2.36. The molecule has 0 aromatic heterocycles. The smallest absolute Gasteiger partial charge is 0.326 e. The van der Waals surface area contributed by atoms with Crippen LogP contribution in [-0.2, 0) is 0 Å². The van der Waals surface area contributed by atoms with Gasteiger partial charge in [-0.15, -0.1) is 0 Å². The average molecular weight is 364 g/mol. The number of nitrogens with one attached hydrogen (secondary N) is 2. The zero-order valence-corrected chi connectivity index (χ0v) is 15.6. The lowest BCUT2D eigenvalue weighted by atomic mass is 9.99. The van der Waals surface area contributed by atoms with Gasteiger partial charge >= 0.3 is 6.03 Å². The Morgan fingerprint density at radius 1 is 1.11 bits per heavy atom. The molecule has 2 aliphatic heterocycles. The number of benzene rings is 2. The van der Waals surface area contributed by atoms with Crippen LogP contribution in [0, 0.1) is 0 Å². The van der Waals surface area contributed by atoms with Crippen LogP contribution in [0.5, 0.6) is 0 Å². The molecule has 0 saturated carbocycles. The standard InChI is InChI=1S/C21H24N4O2/c1-14-13-15(11-12-24(14)2)22-21(27)25-18-9-5-3-7-16(18)20(26)23-17-8-4-6-10-19(17)25/h3-10,14-15H,11-13H2,1-2H3,(H,22,27)(H,23,26)/t14-,15-/m1/s1. The molecular formula is C21H24N4O2. The van der Waals surface area contributed by atoms with Crippen LogP contribution in [0.3, 0.4) is 0 Å². The van der Waals surface area contributed by atoms with Crippen molar-refractivity contribution >= 4 is 29.0 Å². The highest BCUT2D eigenvalue weighted by molar-refractivity contribution is 6.17. The third kappa shape index (κ3) is 3.28. The number of carbonyl (C=O) groups excluding carboxylic acids is 2. The van der Waals surface area contributed by atoms with E-state index in [-0.39, 0.29) is 18.0 Å². The van der Waals surface area contributed by atoms with Crippen LogP contribution in [0.1, 0.15) is 30.1 Å². The summed E-state index contributed by atoms with van der Waals surface area (Å²) in [7, 11) is 2.11. The summed E-state index contributed by atoms with van der Waals surface area (Å²) in [5.41, 5.74) is 2.39. The number of carbonyl (C=O) groups is 2. The number of para-hydroxylation sites is 3. The number of fused-ring (bicyclic) bond motifs is 2. The van der Waals surface area contributed by atoms with Gasteiger partial charge in [0.25, 0.3) is 5.91 Å². The van der Waals surface area contributed by atoms with Gasteiger partial charge < -0.3 is 15.5 Å². The number of anilines is 3. The maximum absolute atomic E-state index is 13.3. The van der Waals surface area contributed by atoms with Crippen molar-refractivity contribution in [3.05, 3.63) is 54.1 Å². The molecule has 2 N–H and O–H groups in total. The van der Waals surface area contributed by atoms with Crippen molar-refractivity contribution in [3.63, 3.8) is 0 Å². The fourth-order valence-electron chi connectivity index (χ4n) is 3.83. The van der Waals surface area contributed by atoms with Crippen molar-refractivity contribution in [2.75, 3.05) is 23.8 Å². The van der Waals surface area contributed by atoms with Crippen LogP contribution < -0.4 is 15.5 Å². The van der Waals surface area contributed by atoms with Crippen LogP contribution in [0.2, 0.25) is 0 Å². The highest BCUT2D eigenvalue weighted by Crippen LogP contribution is 2.37. The molecule has 2 aromatic rings. The first-order chi connectivity index (χ1) is 13.0. The van der Waals surface area contributed by atoms with E-state index in [4.69, 9.17) is 0 Å². The topological polar surface area (TPSA) is 64.7 Å². The third-order valence-electron chi connectivity index (χ3n) is 5.52. The SMILES string of the molecule is C[C@@H]1C[C@H](NC(=O)N2c3ccccc3NC(=O)c3ccccc32)CCN1C. The molecule has 2 atom stereocenters. The van der Waals surface area contributed by atoms with Gasteiger partial charge in [0.2, 0.25) is 0 Å². The predicted octanol–water partition coefficient (Wildman–Crippen LogP) is 3.58. The summed E-state index contributed by atoms with van der Waals surface area (Å²) in [5.74, 6) is -0.207. The van der Waals surface area contributed by atoms with Gasteiger partial charge in [-0.1, -0.05) is 24.3 Å². The summed E-state index contributed by atoms with van der Waals surface area (Å²) >= 11 is 0. The van der Waals surface area contributed by atoms with E-state index in [1.54, 1.807) is 11.0 Å². The Morgan fingerprint density at radius 2 is 1.81 bits per heavy atom. The summed E-state index contributed by atoms with van der Waals surface area (Å²) in [6.07, 6.45) is 1.83. The summed E-state index contributed by atoms with van der Waals surface area (Å²) in [4.78, 5) is 29.9. The highest BCUT2D eigenvalue weighted by atomic mass is 16.2. The number of nitrogens with zero attached hydrogens (tertiary/aromatic N) is 2. The van der Waals surface area contributed by atoms with Gasteiger partial charge in [-0.3, -0.25) is 9.69 Å². The summed E-state index contributed by atoms with van der Waals surface area (Å²) < 4.78 is 0. The molecular weight excluding hydrogens is 340 g/mol. The largest absolute Gasteiger partial charge is 0.335 e. The van der Waals surface area contributed by atoms with Crippen molar-refractivity contribution in [1.29, 1.82) is 0 Å². The maximum Gasteiger partial charge on any atom is 0.326 e. The molecule has 27 heavy (non-hydrogen) atoms. The van der Waals surface area contributed by atoms with Gasteiger partial charge in [0.15, 0.2) is 0 Å². The number of amides is 3. The second-order valence-corrected chi connectivity index (χ2v) is 7.32. The van der Waals surface area contributed by atoms with Gasteiger partial charge in [-0.25, -0.2) is 4.79 Å². The molecule has 3 amide bonds. The van der Waals surface area contributed by atoms with Crippen molar-refractivity contribution in [3.8, 4) is 0 Å². The van der Waals surface area contributed by atoms with Crippen molar-refractivity contribution < 1.29 is 9.59 Å². The zero-order chi connectivity index (χ0) is 19.0. The number of urea groups is 1. The zero-order valence-electron chi connectivity index (χ0n) is 15.6. The van der Waals surface area contributed by atoms with Gasteiger partial charge in [0.1, 0.15) is 0 Å². The minimum absolute atomic E-state index is 0.120. The van der Waals surface area contributed by atoms with Crippen LogP contribution in [0.4, 0.5) is 21.9 Å². The molecule has 0 radical (unpaired) electrons. The normalized spacial score (nSPS) is 22.3. The molecule has 140 valence electrons. The number of rotatable bonds is 1. The fraction of sp³-hybridized carbons (Fsp3) is 0.333. The minimum Gasteiger partial charge on any atom is -0.335 e. The monoisotopic (exact) mass is 364 g/mol. The molecule has 1 saturated heterocycles. The maximum atomic E-state index is 13.3. The molecule has 6 nitrogen and oxygen atoms in total. The second kappa shape index (κ2) is 7.04. The first kappa shape index (κ1) is 17.5. The van der Waals surface area contributed by atoms with Gasteiger partial charge in [-0.05, 0) is 51.1 Å². The van der Waals surface area contributed by atoms with E-state index in [2.05, 4.69) is 29.5 Å². The van der Waals surface area contributed by atoms with E-state index >= 15 is 0 Å². The molecule has 0 unspecified atom stereocenters. The Morgan fingerprint density at radius 3 is 2.59 bits per heavy atom. The number of hydrogen-bond acceptors (Lipinski definition) is 3. The van der Waals surface area contributed by atoms with E-state index in [0.29, 0.717) is 28.7 Å². The van der Waals surface area contributed by atoms with Crippen molar-refractivity contribution in [1.82, 2.24) is 10.2 Å². The van der Waals surface area contributed by atoms with Crippen LogP contribution >= 0.6 is 0 Å². The predicted molar refractivity (Wildman–Crippen MR) is 107 cm³/mol. The summed E-state index contributed by atoms with van der Waals surface area (Å²) in [5, 5.41) is 6.10. The van der Waals surface area contributed by atoms with Gasteiger partial charge in [-0.2, -0.15) is 0 Å². The molecule has 2 aromatic carbocycles. The van der Waals surface area contributed by atoms with Crippen LogP contribution in [0.25, 0.3) is 0 Å². The van der Waals surface area contributed by atoms with E-state index in [1.807, 2.05) is 42.5 Å². The molecule has 0 aliphatic carbocycles. The fourth-order valence-corrected chi connectivity index (χ4v) is 3.83. The van der Waals surface area contributed by atoms with Crippen molar-refractivity contribution in [2.24, 2.45) is 0 Å². The van der Waals surface area contributed by atoms with Crippen LogP contribution in [-0.4, -0.2) is 42.5 Å². The van der Waals surface area contributed by atoms with E-state index in [0.717, 1.165) is 19.4 Å². The summed E-state index contributed by atoms with van der Waals surface area (Å²) in [6.45, 7) is 3.14. The Labute approximate surface area is 159 Å². The molecule has 2 heterocycles. The Balaban J connectivity index is 1.70. The Hall–Kier alpha value is -2.86. The van der Waals surface area contributed by atoms with E-state index in [1.165, 1.54) is 0 Å². The van der Waals surface area contributed by atoms with Gasteiger partial charge in [0.05, 0.1) is 22.6 Å². The van der Waals surface area contributed by atoms with E-state index in [9.17, 15) is 9.59 Å².